The van der Waals surface area contributed by atoms with Crippen molar-refractivity contribution in [2.45, 2.75) is 17.7 Å². The fourth-order valence-corrected chi connectivity index (χ4v) is 2.92. The molecule has 1 saturated carbocycles. The summed E-state index contributed by atoms with van der Waals surface area (Å²) in [6.07, 6.45) is 1.40. The molecule has 1 aliphatic rings. The third-order valence-corrected chi connectivity index (χ3v) is 4.57. The molecule has 100 valence electrons. The van der Waals surface area contributed by atoms with Gasteiger partial charge in [0.25, 0.3) is 0 Å². The summed E-state index contributed by atoms with van der Waals surface area (Å²) < 4.78 is 52.4. The summed E-state index contributed by atoms with van der Waals surface area (Å²) in [6.45, 7) is -0.158. The molecular formula is C11H13F2NO3S. The van der Waals surface area contributed by atoms with Crippen LogP contribution >= 0.6 is 0 Å². The van der Waals surface area contributed by atoms with Gasteiger partial charge < -0.3 is 5.11 Å². The summed E-state index contributed by atoms with van der Waals surface area (Å²) in [7, 11) is -4.24. The molecular weight excluding hydrogens is 264 g/mol. The Morgan fingerprint density at radius 2 is 1.83 bits per heavy atom. The van der Waals surface area contributed by atoms with E-state index in [9.17, 15) is 17.2 Å². The first kappa shape index (κ1) is 13.4. The van der Waals surface area contributed by atoms with Crippen molar-refractivity contribution in [1.29, 1.82) is 0 Å². The highest BCUT2D eigenvalue weighted by atomic mass is 32.2. The molecule has 0 unspecified atom stereocenters. The normalized spacial score (nSPS) is 17.7. The molecule has 7 heteroatoms. The highest BCUT2D eigenvalue weighted by Gasteiger charge is 2.43. The molecule has 0 spiro atoms. The minimum absolute atomic E-state index is 0.0143. The van der Waals surface area contributed by atoms with Gasteiger partial charge >= 0.3 is 0 Å². The maximum atomic E-state index is 13.4. The lowest BCUT2D eigenvalue weighted by atomic mass is 10.1. The predicted octanol–water partition coefficient (Wildman–Crippen LogP) is 1.02. The fraction of sp³-hybridized carbons (Fsp3) is 0.455. The number of benzene rings is 1. The Labute approximate surface area is 104 Å². The molecule has 1 aromatic carbocycles. The van der Waals surface area contributed by atoms with Crippen molar-refractivity contribution in [2.75, 3.05) is 13.2 Å². The Kier molecular flexibility index (Phi) is 3.39. The number of aliphatic hydroxyl groups excluding tert-OH is 1. The number of sulfonamides is 1. The molecule has 0 bridgehead atoms. The van der Waals surface area contributed by atoms with Crippen LogP contribution in [0.5, 0.6) is 0 Å². The maximum absolute atomic E-state index is 13.4. The van der Waals surface area contributed by atoms with E-state index in [1.54, 1.807) is 0 Å². The third kappa shape index (κ3) is 2.52. The average molecular weight is 277 g/mol. The van der Waals surface area contributed by atoms with Gasteiger partial charge in [-0.2, -0.15) is 0 Å². The van der Waals surface area contributed by atoms with Crippen molar-refractivity contribution >= 4 is 10.0 Å². The van der Waals surface area contributed by atoms with E-state index < -0.39 is 32.0 Å². The molecule has 2 N–H and O–H groups in total. The molecule has 1 aromatic rings. The van der Waals surface area contributed by atoms with Gasteiger partial charge in [-0.3, -0.25) is 0 Å². The van der Waals surface area contributed by atoms with E-state index >= 15 is 0 Å². The molecule has 0 amide bonds. The smallest absolute Gasteiger partial charge is 0.246 e. The van der Waals surface area contributed by atoms with Crippen LogP contribution in [0.15, 0.2) is 23.1 Å². The van der Waals surface area contributed by atoms with E-state index in [0.29, 0.717) is 12.8 Å². The van der Waals surface area contributed by atoms with Crippen LogP contribution in [0.1, 0.15) is 12.8 Å². The van der Waals surface area contributed by atoms with E-state index in [1.807, 2.05) is 0 Å². The molecule has 18 heavy (non-hydrogen) atoms. The van der Waals surface area contributed by atoms with Gasteiger partial charge in [-0.25, -0.2) is 21.9 Å². The third-order valence-electron chi connectivity index (χ3n) is 3.12. The van der Waals surface area contributed by atoms with Crippen LogP contribution in [0.25, 0.3) is 0 Å². The number of hydrogen-bond acceptors (Lipinski definition) is 3. The molecule has 0 heterocycles. The first-order valence-corrected chi connectivity index (χ1v) is 6.93. The lowest BCUT2D eigenvalue weighted by Gasteiger charge is -2.13. The largest absolute Gasteiger partial charge is 0.396 e. The molecule has 2 rings (SSSR count). The topological polar surface area (TPSA) is 66.4 Å². The second-order valence-electron chi connectivity index (χ2n) is 4.53. The van der Waals surface area contributed by atoms with E-state index in [2.05, 4.69) is 4.72 Å². The van der Waals surface area contributed by atoms with Gasteiger partial charge in [0.05, 0.1) is 0 Å². The molecule has 0 aliphatic heterocycles. The van der Waals surface area contributed by atoms with Crippen LogP contribution < -0.4 is 4.72 Å². The van der Waals surface area contributed by atoms with Crippen LogP contribution in [-0.4, -0.2) is 26.7 Å². The zero-order chi connectivity index (χ0) is 13.4. The van der Waals surface area contributed by atoms with Crippen molar-refractivity contribution < 1.29 is 22.3 Å². The summed E-state index contributed by atoms with van der Waals surface area (Å²) in [5, 5.41) is 9.05. The molecule has 1 aliphatic carbocycles. The molecule has 0 aromatic heterocycles. The number of halogens is 2. The Balaban J connectivity index is 2.21. The summed E-state index contributed by atoms with van der Waals surface area (Å²) in [5.41, 5.74) is -0.463. The Morgan fingerprint density at radius 3 is 2.28 bits per heavy atom. The average Bonchev–Trinajstić information content (AvgIpc) is 3.07. The summed E-state index contributed by atoms with van der Waals surface area (Å²) in [6, 6.07) is 2.87. The lowest BCUT2D eigenvalue weighted by Crippen LogP contribution is -2.33. The Morgan fingerprint density at radius 1 is 1.28 bits per heavy atom. The van der Waals surface area contributed by atoms with Crippen LogP contribution in [0.3, 0.4) is 0 Å². The van der Waals surface area contributed by atoms with E-state index in [-0.39, 0.29) is 13.2 Å². The van der Waals surface area contributed by atoms with Crippen molar-refractivity contribution in [3.05, 3.63) is 29.8 Å². The molecule has 0 saturated heterocycles. The second-order valence-corrected chi connectivity index (χ2v) is 6.24. The van der Waals surface area contributed by atoms with Crippen molar-refractivity contribution in [1.82, 2.24) is 4.72 Å². The van der Waals surface area contributed by atoms with Crippen molar-refractivity contribution in [3.8, 4) is 0 Å². The van der Waals surface area contributed by atoms with Gasteiger partial charge in [0, 0.05) is 18.6 Å². The van der Waals surface area contributed by atoms with Crippen LogP contribution in [0.2, 0.25) is 0 Å². The first-order chi connectivity index (χ1) is 8.40. The fourth-order valence-electron chi connectivity index (χ4n) is 1.63. The van der Waals surface area contributed by atoms with Gasteiger partial charge in [-0.15, -0.1) is 0 Å². The summed E-state index contributed by atoms with van der Waals surface area (Å²) in [5.74, 6) is -2.26. The van der Waals surface area contributed by atoms with Gasteiger partial charge in [-0.05, 0) is 25.0 Å². The number of rotatable bonds is 5. The van der Waals surface area contributed by atoms with E-state index in [1.165, 1.54) is 0 Å². The second kappa shape index (κ2) is 4.56. The number of nitrogens with one attached hydrogen (secondary N) is 1. The number of aliphatic hydroxyl groups is 1. The van der Waals surface area contributed by atoms with Crippen LogP contribution in [-0.2, 0) is 10.0 Å². The quantitative estimate of drug-likeness (QED) is 0.844. The minimum Gasteiger partial charge on any atom is -0.396 e. The van der Waals surface area contributed by atoms with Gasteiger partial charge in [0.2, 0.25) is 10.0 Å². The first-order valence-electron chi connectivity index (χ1n) is 5.45. The Hall–Kier alpha value is -1.05. The van der Waals surface area contributed by atoms with Gasteiger partial charge in [0.15, 0.2) is 4.90 Å². The SMILES string of the molecule is O=S(=O)(NCC1(CO)CC1)c1c(F)cccc1F. The standard InChI is InChI=1S/C11H13F2NO3S/c12-8-2-1-3-9(13)10(8)18(16,17)14-6-11(7-15)4-5-11/h1-3,14-15H,4-7H2. The molecule has 1 fully saturated rings. The summed E-state index contributed by atoms with van der Waals surface area (Å²) >= 11 is 0. The highest BCUT2D eigenvalue weighted by Crippen LogP contribution is 2.44. The van der Waals surface area contributed by atoms with Gasteiger partial charge in [-0.1, -0.05) is 6.07 Å². The molecule has 0 radical (unpaired) electrons. The van der Waals surface area contributed by atoms with E-state index in [0.717, 1.165) is 18.2 Å². The monoisotopic (exact) mass is 277 g/mol. The van der Waals surface area contributed by atoms with Crippen molar-refractivity contribution in [2.24, 2.45) is 5.41 Å². The minimum atomic E-state index is -4.24. The zero-order valence-electron chi connectivity index (χ0n) is 9.49. The van der Waals surface area contributed by atoms with E-state index in [4.69, 9.17) is 5.11 Å². The number of hydrogen-bond donors (Lipinski definition) is 2. The highest BCUT2D eigenvalue weighted by molar-refractivity contribution is 7.89. The molecule has 4 nitrogen and oxygen atoms in total. The zero-order valence-corrected chi connectivity index (χ0v) is 10.3. The predicted molar refractivity (Wildman–Crippen MR) is 60.3 cm³/mol. The van der Waals surface area contributed by atoms with Crippen molar-refractivity contribution in [3.63, 3.8) is 0 Å². The molecule has 0 atom stereocenters. The lowest BCUT2D eigenvalue weighted by molar-refractivity contribution is 0.213. The maximum Gasteiger partial charge on any atom is 0.246 e. The Bertz CT molecular complexity index is 535. The summed E-state index contributed by atoms with van der Waals surface area (Å²) in [4.78, 5) is -0.973. The van der Waals surface area contributed by atoms with Gasteiger partial charge in [0.1, 0.15) is 11.6 Å². The van der Waals surface area contributed by atoms with Crippen LogP contribution in [0.4, 0.5) is 8.78 Å². The van der Waals surface area contributed by atoms with Crippen LogP contribution in [0, 0.1) is 17.0 Å².